The zero-order chi connectivity index (χ0) is 16.6. The third-order valence-electron chi connectivity index (χ3n) is 3.19. The zero-order valence-electron chi connectivity index (χ0n) is 12.0. The SMILES string of the molecule is CC(NC(=O)c1c(F)ccc(S(=O)(=O)Cl)c1F)C(C)(C)C. The Bertz CT molecular complexity index is 669. The van der Waals surface area contributed by atoms with Crippen molar-refractivity contribution in [3.8, 4) is 0 Å². The van der Waals surface area contributed by atoms with Crippen molar-refractivity contribution in [2.24, 2.45) is 5.41 Å². The monoisotopic (exact) mass is 339 g/mol. The maximum atomic E-state index is 14.1. The van der Waals surface area contributed by atoms with Crippen molar-refractivity contribution in [1.82, 2.24) is 5.32 Å². The summed E-state index contributed by atoms with van der Waals surface area (Å²) in [6.07, 6.45) is 0. The summed E-state index contributed by atoms with van der Waals surface area (Å²) in [6.45, 7) is 7.19. The van der Waals surface area contributed by atoms with Gasteiger partial charge in [0.05, 0.1) is 0 Å². The lowest BCUT2D eigenvalue weighted by Crippen LogP contribution is -2.42. The van der Waals surface area contributed by atoms with Gasteiger partial charge in [0, 0.05) is 16.7 Å². The van der Waals surface area contributed by atoms with Crippen molar-refractivity contribution >= 4 is 25.6 Å². The Hall–Kier alpha value is -1.21. The summed E-state index contributed by atoms with van der Waals surface area (Å²) < 4.78 is 50.1. The highest BCUT2D eigenvalue weighted by molar-refractivity contribution is 8.13. The molecule has 1 aromatic carbocycles. The van der Waals surface area contributed by atoms with Gasteiger partial charge in [0.1, 0.15) is 16.3 Å². The third kappa shape index (κ3) is 4.14. The van der Waals surface area contributed by atoms with E-state index in [1.54, 1.807) is 6.92 Å². The van der Waals surface area contributed by atoms with Crippen LogP contribution in [0.5, 0.6) is 0 Å². The molecule has 0 saturated carbocycles. The first-order valence-electron chi connectivity index (χ1n) is 6.09. The molecule has 0 heterocycles. The Morgan fingerprint density at radius 3 is 2.24 bits per heavy atom. The van der Waals surface area contributed by atoms with Gasteiger partial charge in [0.25, 0.3) is 15.0 Å². The van der Waals surface area contributed by atoms with E-state index < -0.39 is 37.1 Å². The second kappa shape index (κ2) is 5.88. The highest BCUT2D eigenvalue weighted by Gasteiger charge is 2.28. The molecule has 8 heteroatoms. The molecule has 118 valence electrons. The van der Waals surface area contributed by atoms with Gasteiger partial charge in [-0.3, -0.25) is 4.79 Å². The van der Waals surface area contributed by atoms with Crippen LogP contribution in [0, 0.1) is 17.0 Å². The average Bonchev–Trinajstić information content (AvgIpc) is 2.25. The van der Waals surface area contributed by atoms with Crippen LogP contribution in [0.3, 0.4) is 0 Å². The van der Waals surface area contributed by atoms with Crippen LogP contribution in [0.2, 0.25) is 0 Å². The number of amides is 1. The van der Waals surface area contributed by atoms with Crippen LogP contribution in [0.4, 0.5) is 8.78 Å². The Kier molecular flexibility index (Phi) is 5.00. The molecule has 21 heavy (non-hydrogen) atoms. The summed E-state index contributed by atoms with van der Waals surface area (Å²) in [4.78, 5) is 11.1. The van der Waals surface area contributed by atoms with Crippen molar-refractivity contribution < 1.29 is 22.0 Å². The Labute approximate surface area is 126 Å². The highest BCUT2D eigenvalue weighted by atomic mass is 35.7. The summed E-state index contributed by atoms with van der Waals surface area (Å²) >= 11 is 0. The number of hydrogen-bond acceptors (Lipinski definition) is 3. The molecule has 1 aromatic rings. The van der Waals surface area contributed by atoms with Crippen molar-refractivity contribution in [2.45, 2.75) is 38.6 Å². The van der Waals surface area contributed by atoms with E-state index in [0.717, 1.165) is 0 Å². The standard InChI is InChI=1S/C13H16ClF2NO3S/c1-7(13(2,3)4)17-12(18)10-8(15)5-6-9(11(10)16)21(14,19)20/h5-7H,1-4H3,(H,17,18). The van der Waals surface area contributed by atoms with Gasteiger partial charge in [-0.05, 0) is 24.5 Å². The maximum Gasteiger partial charge on any atom is 0.264 e. The molecule has 0 bridgehead atoms. The fourth-order valence-corrected chi connectivity index (χ4v) is 2.32. The molecule has 0 aliphatic carbocycles. The van der Waals surface area contributed by atoms with Gasteiger partial charge in [0.15, 0.2) is 5.82 Å². The van der Waals surface area contributed by atoms with Crippen LogP contribution < -0.4 is 5.32 Å². The quantitative estimate of drug-likeness (QED) is 0.861. The summed E-state index contributed by atoms with van der Waals surface area (Å²) in [5.74, 6) is -3.69. The van der Waals surface area contributed by atoms with Gasteiger partial charge in [-0.15, -0.1) is 0 Å². The van der Waals surface area contributed by atoms with E-state index in [9.17, 15) is 22.0 Å². The third-order valence-corrected chi connectivity index (χ3v) is 4.53. The van der Waals surface area contributed by atoms with Crippen LogP contribution >= 0.6 is 10.7 Å². The molecule has 1 atom stereocenters. The fraction of sp³-hybridized carbons (Fsp3) is 0.462. The average molecular weight is 340 g/mol. The number of carbonyl (C=O) groups excluding carboxylic acids is 1. The number of hydrogen-bond donors (Lipinski definition) is 1. The minimum absolute atomic E-state index is 0.335. The van der Waals surface area contributed by atoms with Crippen molar-refractivity contribution in [2.75, 3.05) is 0 Å². The minimum Gasteiger partial charge on any atom is -0.349 e. The predicted octanol–water partition coefficient (Wildman–Crippen LogP) is 3.06. The zero-order valence-corrected chi connectivity index (χ0v) is 13.6. The topological polar surface area (TPSA) is 63.2 Å². The van der Waals surface area contributed by atoms with Gasteiger partial charge >= 0.3 is 0 Å². The van der Waals surface area contributed by atoms with Crippen molar-refractivity contribution in [3.63, 3.8) is 0 Å². The molecule has 0 aliphatic heterocycles. The van der Waals surface area contributed by atoms with Gasteiger partial charge in [0.2, 0.25) is 0 Å². The number of benzene rings is 1. The lowest BCUT2D eigenvalue weighted by atomic mass is 9.88. The van der Waals surface area contributed by atoms with Crippen LogP contribution in [0.15, 0.2) is 17.0 Å². The summed E-state index contributed by atoms with van der Waals surface area (Å²) in [6, 6.07) is 0.978. The van der Waals surface area contributed by atoms with E-state index in [0.29, 0.717) is 12.1 Å². The molecule has 1 unspecified atom stereocenters. The van der Waals surface area contributed by atoms with E-state index in [1.165, 1.54) is 0 Å². The second-order valence-electron chi connectivity index (χ2n) is 5.73. The van der Waals surface area contributed by atoms with Gasteiger partial charge in [-0.2, -0.15) is 0 Å². The molecular formula is C13H16ClF2NO3S. The van der Waals surface area contributed by atoms with Gasteiger partial charge in [-0.25, -0.2) is 17.2 Å². The molecule has 0 fully saturated rings. The molecule has 1 rings (SSSR count). The Morgan fingerprint density at radius 1 is 1.29 bits per heavy atom. The molecule has 0 saturated heterocycles. The lowest BCUT2D eigenvalue weighted by molar-refractivity contribution is 0.0901. The predicted molar refractivity (Wildman–Crippen MR) is 75.8 cm³/mol. The van der Waals surface area contributed by atoms with E-state index in [1.807, 2.05) is 20.8 Å². The molecule has 1 amide bonds. The van der Waals surface area contributed by atoms with Crippen molar-refractivity contribution in [1.29, 1.82) is 0 Å². The van der Waals surface area contributed by atoms with E-state index in [4.69, 9.17) is 10.7 Å². The second-order valence-corrected chi connectivity index (χ2v) is 8.27. The Morgan fingerprint density at radius 2 is 1.81 bits per heavy atom. The van der Waals surface area contributed by atoms with Crippen molar-refractivity contribution in [3.05, 3.63) is 29.3 Å². The lowest BCUT2D eigenvalue weighted by Gasteiger charge is -2.28. The first-order chi connectivity index (χ1) is 9.35. The molecule has 1 N–H and O–H groups in total. The largest absolute Gasteiger partial charge is 0.349 e. The molecule has 0 spiro atoms. The fourth-order valence-electron chi connectivity index (χ4n) is 1.42. The molecule has 0 radical (unpaired) electrons. The molecule has 0 aliphatic rings. The minimum atomic E-state index is -4.41. The van der Waals surface area contributed by atoms with Gasteiger partial charge in [-0.1, -0.05) is 20.8 Å². The highest BCUT2D eigenvalue weighted by Crippen LogP contribution is 2.25. The van der Waals surface area contributed by atoms with Crippen LogP contribution in [-0.2, 0) is 9.05 Å². The smallest absolute Gasteiger partial charge is 0.264 e. The van der Waals surface area contributed by atoms with E-state index in [-0.39, 0.29) is 11.5 Å². The summed E-state index contributed by atoms with van der Waals surface area (Å²) in [7, 11) is 0.637. The van der Waals surface area contributed by atoms with Crippen LogP contribution in [0.25, 0.3) is 0 Å². The number of nitrogens with one attached hydrogen (secondary N) is 1. The number of carbonyl (C=O) groups is 1. The van der Waals surface area contributed by atoms with E-state index >= 15 is 0 Å². The first kappa shape index (κ1) is 17.8. The normalized spacial score (nSPS) is 13.9. The van der Waals surface area contributed by atoms with Crippen LogP contribution in [0.1, 0.15) is 38.1 Å². The van der Waals surface area contributed by atoms with Gasteiger partial charge < -0.3 is 5.32 Å². The molecular weight excluding hydrogens is 324 g/mol. The summed E-state index contributed by atoms with van der Waals surface area (Å²) in [5, 5.41) is 2.44. The van der Waals surface area contributed by atoms with Crippen LogP contribution in [-0.4, -0.2) is 20.4 Å². The van der Waals surface area contributed by atoms with E-state index in [2.05, 4.69) is 5.32 Å². The number of rotatable bonds is 3. The summed E-state index contributed by atoms with van der Waals surface area (Å²) in [5.41, 5.74) is -1.30. The maximum absolute atomic E-state index is 14.1. The number of halogens is 3. The first-order valence-corrected chi connectivity index (χ1v) is 8.40. The Balaban J connectivity index is 3.28. The molecule has 4 nitrogen and oxygen atoms in total. The molecule has 0 aromatic heterocycles.